The third kappa shape index (κ3) is 4.57. The van der Waals surface area contributed by atoms with Crippen LogP contribution in [0.25, 0.3) is 11.3 Å². The largest absolute Gasteiger partial charge is 0.457 e. The van der Waals surface area contributed by atoms with Gasteiger partial charge in [-0.25, -0.2) is 0 Å². The van der Waals surface area contributed by atoms with Gasteiger partial charge < -0.3 is 15.4 Å². The number of amides is 2. The average molecular weight is 472 g/mol. The van der Waals surface area contributed by atoms with Gasteiger partial charge in [-0.05, 0) is 61.2 Å². The summed E-state index contributed by atoms with van der Waals surface area (Å²) in [6.07, 6.45) is 3.69. The molecule has 180 valence electrons. The molecule has 1 atom stereocenters. The minimum Gasteiger partial charge on any atom is -0.457 e. The Morgan fingerprint density at radius 3 is 2.40 bits per heavy atom. The first-order chi connectivity index (χ1) is 17.0. The van der Waals surface area contributed by atoms with Crippen molar-refractivity contribution in [3.05, 3.63) is 78.5 Å². The van der Waals surface area contributed by atoms with E-state index in [1.54, 1.807) is 0 Å². The minimum atomic E-state index is -0.474. The predicted molar refractivity (Wildman–Crippen MR) is 133 cm³/mol. The lowest BCUT2D eigenvalue weighted by molar-refractivity contribution is -0.127. The summed E-state index contributed by atoms with van der Waals surface area (Å²) >= 11 is 0. The van der Waals surface area contributed by atoms with Crippen molar-refractivity contribution in [1.29, 1.82) is 0 Å². The van der Waals surface area contributed by atoms with Gasteiger partial charge in [-0.1, -0.05) is 24.8 Å². The fraction of sp³-hybridized carbons (Fsp3) is 0.296. The number of hydrogen-bond acceptors (Lipinski definition) is 5. The molecule has 8 heteroatoms. The van der Waals surface area contributed by atoms with Crippen molar-refractivity contribution in [2.75, 3.05) is 19.6 Å². The molecule has 0 saturated carbocycles. The molecule has 3 heterocycles. The van der Waals surface area contributed by atoms with Gasteiger partial charge in [0, 0.05) is 31.6 Å². The number of nitrogens with one attached hydrogen (secondary N) is 1. The summed E-state index contributed by atoms with van der Waals surface area (Å²) in [7, 11) is 0. The molecular formula is C27H29N5O3. The van der Waals surface area contributed by atoms with Crippen LogP contribution in [-0.2, 0) is 11.2 Å². The number of carbonyl (C=O) groups is 2. The van der Waals surface area contributed by atoms with Crippen molar-refractivity contribution in [2.45, 2.75) is 25.4 Å². The fourth-order valence-electron chi connectivity index (χ4n) is 5.06. The second-order valence-electron chi connectivity index (χ2n) is 8.93. The summed E-state index contributed by atoms with van der Waals surface area (Å²) in [6, 6.07) is 17.1. The van der Waals surface area contributed by atoms with Crippen LogP contribution in [0, 0.1) is 5.92 Å². The van der Waals surface area contributed by atoms with Crippen molar-refractivity contribution >= 4 is 11.8 Å². The van der Waals surface area contributed by atoms with Gasteiger partial charge >= 0.3 is 0 Å². The number of benzene rings is 2. The number of rotatable bonds is 6. The first-order valence-corrected chi connectivity index (χ1v) is 11.9. The molecule has 1 fully saturated rings. The number of hydrogen-bond donors (Lipinski definition) is 2. The van der Waals surface area contributed by atoms with Crippen molar-refractivity contribution in [2.24, 2.45) is 11.7 Å². The molecule has 3 N–H and O–H groups in total. The molecule has 0 radical (unpaired) electrons. The van der Waals surface area contributed by atoms with Crippen LogP contribution in [-0.4, -0.2) is 46.1 Å². The number of carbonyl (C=O) groups excluding carboxylic acids is 2. The number of nitrogens with zero attached hydrogens (tertiary/aromatic N) is 3. The normalized spacial score (nSPS) is 18.1. The number of likely N-dealkylation sites (tertiary alicyclic amines) is 1. The maximum Gasteiger partial charge on any atom is 0.252 e. The van der Waals surface area contributed by atoms with Crippen LogP contribution in [0.4, 0.5) is 0 Å². The van der Waals surface area contributed by atoms with E-state index in [-0.39, 0.29) is 18.0 Å². The Bertz CT molecular complexity index is 1230. The lowest BCUT2D eigenvalue weighted by Gasteiger charge is -2.38. The lowest BCUT2D eigenvalue weighted by Crippen LogP contribution is -2.46. The zero-order chi connectivity index (χ0) is 24.4. The Morgan fingerprint density at radius 2 is 1.74 bits per heavy atom. The molecule has 2 aliphatic heterocycles. The first-order valence-electron chi connectivity index (χ1n) is 11.9. The van der Waals surface area contributed by atoms with E-state index in [0.29, 0.717) is 36.5 Å². The van der Waals surface area contributed by atoms with E-state index in [4.69, 9.17) is 15.6 Å². The van der Waals surface area contributed by atoms with Crippen LogP contribution in [0.1, 0.15) is 35.1 Å². The van der Waals surface area contributed by atoms with E-state index >= 15 is 0 Å². The van der Waals surface area contributed by atoms with Gasteiger partial charge in [0.05, 0.1) is 11.3 Å². The van der Waals surface area contributed by atoms with E-state index in [2.05, 4.69) is 11.9 Å². The van der Waals surface area contributed by atoms with E-state index in [9.17, 15) is 9.59 Å². The summed E-state index contributed by atoms with van der Waals surface area (Å²) in [5.41, 5.74) is 8.60. The van der Waals surface area contributed by atoms with Crippen LogP contribution in [0.2, 0.25) is 0 Å². The molecule has 1 aromatic heterocycles. The molecule has 1 saturated heterocycles. The van der Waals surface area contributed by atoms with Crippen molar-refractivity contribution in [1.82, 2.24) is 20.0 Å². The molecule has 3 aromatic rings. The molecule has 8 nitrogen and oxygen atoms in total. The lowest BCUT2D eigenvalue weighted by atomic mass is 9.92. The van der Waals surface area contributed by atoms with Gasteiger partial charge in [0.15, 0.2) is 0 Å². The molecule has 35 heavy (non-hydrogen) atoms. The second-order valence-corrected chi connectivity index (χ2v) is 8.93. The third-order valence-electron chi connectivity index (χ3n) is 6.81. The highest BCUT2D eigenvalue weighted by Gasteiger charge is 2.35. The van der Waals surface area contributed by atoms with E-state index in [1.807, 2.05) is 64.2 Å². The molecule has 2 amide bonds. The minimum absolute atomic E-state index is 0.0298. The quantitative estimate of drug-likeness (QED) is 0.536. The zero-order valence-electron chi connectivity index (χ0n) is 19.5. The highest BCUT2D eigenvalue weighted by molar-refractivity contribution is 6.00. The fourth-order valence-corrected chi connectivity index (χ4v) is 5.06. The van der Waals surface area contributed by atoms with Gasteiger partial charge in [0.2, 0.25) is 5.91 Å². The molecule has 2 aromatic carbocycles. The van der Waals surface area contributed by atoms with Gasteiger partial charge in [0.1, 0.15) is 23.4 Å². The third-order valence-corrected chi connectivity index (χ3v) is 6.81. The maximum atomic E-state index is 12.5. The van der Waals surface area contributed by atoms with Crippen LogP contribution >= 0.6 is 0 Å². The summed E-state index contributed by atoms with van der Waals surface area (Å²) in [6.45, 7) is 5.70. The van der Waals surface area contributed by atoms with E-state index < -0.39 is 5.91 Å². The Balaban J connectivity index is 1.41. The number of para-hydroxylation sites is 1. The first kappa shape index (κ1) is 22.9. The van der Waals surface area contributed by atoms with Gasteiger partial charge in [-0.3, -0.25) is 19.6 Å². The smallest absolute Gasteiger partial charge is 0.252 e. The molecule has 5 rings (SSSR count). The number of nitrogens with two attached hydrogens (primary N) is 1. The van der Waals surface area contributed by atoms with Gasteiger partial charge in [0.25, 0.3) is 5.91 Å². The highest BCUT2D eigenvalue weighted by atomic mass is 16.5. The standard InChI is InChI=1S/C27H29N5O3/c1-2-23(33)31-16-13-19(14-17-31)27-29-15-12-22-24(26(28)34)25(30-32(22)27)18-8-10-21(11-9-18)35-20-6-4-3-5-7-20/h2-11,19,27,29H,1,12-17H2,(H2,28,34). The molecule has 2 aliphatic rings. The Labute approximate surface area is 204 Å². The van der Waals surface area contributed by atoms with Crippen LogP contribution in [0.3, 0.4) is 0 Å². The van der Waals surface area contributed by atoms with Crippen LogP contribution < -0.4 is 15.8 Å². The summed E-state index contributed by atoms with van der Waals surface area (Å²) < 4.78 is 7.84. The Kier molecular flexibility index (Phi) is 6.37. The topological polar surface area (TPSA) is 102 Å². The number of fused-ring (bicyclic) bond motifs is 1. The van der Waals surface area contributed by atoms with E-state index in [0.717, 1.165) is 36.4 Å². The Morgan fingerprint density at radius 1 is 1.06 bits per heavy atom. The highest BCUT2D eigenvalue weighted by Crippen LogP contribution is 2.35. The van der Waals surface area contributed by atoms with Crippen molar-refractivity contribution < 1.29 is 14.3 Å². The molecule has 0 aliphatic carbocycles. The molecular weight excluding hydrogens is 442 g/mol. The van der Waals surface area contributed by atoms with Gasteiger partial charge in [-0.15, -0.1) is 0 Å². The van der Waals surface area contributed by atoms with Gasteiger partial charge in [-0.2, -0.15) is 5.10 Å². The monoisotopic (exact) mass is 471 g/mol. The number of piperidine rings is 1. The summed E-state index contributed by atoms with van der Waals surface area (Å²) in [4.78, 5) is 26.3. The average Bonchev–Trinajstić information content (AvgIpc) is 3.29. The zero-order valence-corrected chi connectivity index (χ0v) is 19.5. The molecule has 0 bridgehead atoms. The molecule has 1 unspecified atom stereocenters. The predicted octanol–water partition coefficient (Wildman–Crippen LogP) is 3.51. The second kappa shape index (κ2) is 9.76. The van der Waals surface area contributed by atoms with Crippen molar-refractivity contribution in [3.8, 4) is 22.8 Å². The molecule has 0 spiro atoms. The van der Waals surface area contributed by atoms with E-state index in [1.165, 1.54) is 6.08 Å². The SMILES string of the molecule is C=CC(=O)N1CCC(C2NCCc3c(C(N)=O)c(-c4ccc(Oc5ccccc5)cc4)nn32)CC1. The number of primary amides is 1. The Hall–Kier alpha value is -3.91. The summed E-state index contributed by atoms with van der Waals surface area (Å²) in [5, 5.41) is 8.47. The van der Waals surface area contributed by atoms with Crippen LogP contribution in [0.15, 0.2) is 67.3 Å². The number of ether oxygens (including phenoxy) is 1. The maximum absolute atomic E-state index is 12.5. The number of aromatic nitrogens is 2. The summed E-state index contributed by atoms with van der Waals surface area (Å²) in [5.74, 6) is 1.24. The van der Waals surface area contributed by atoms with Crippen molar-refractivity contribution in [3.63, 3.8) is 0 Å². The van der Waals surface area contributed by atoms with Crippen LogP contribution in [0.5, 0.6) is 11.5 Å².